The first kappa shape index (κ1) is 18.5. The number of fused-ring (bicyclic) bond motifs is 1. The first-order chi connectivity index (χ1) is 12.1. The van der Waals surface area contributed by atoms with E-state index in [1.54, 1.807) is 0 Å². The third-order valence-corrected chi connectivity index (χ3v) is 4.35. The molecular formula is C20H21NO4. The van der Waals surface area contributed by atoms with E-state index in [2.05, 4.69) is 10.8 Å². The molecular weight excluding hydrogens is 318 g/mol. The summed E-state index contributed by atoms with van der Waals surface area (Å²) in [5.74, 6) is -1.58. The van der Waals surface area contributed by atoms with Crippen molar-refractivity contribution in [2.75, 3.05) is 14.2 Å². The minimum absolute atomic E-state index is 0.0819. The van der Waals surface area contributed by atoms with Crippen molar-refractivity contribution < 1.29 is 19.1 Å². The average Bonchev–Trinajstić information content (AvgIpc) is 2.65. The van der Waals surface area contributed by atoms with Crippen molar-refractivity contribution in [3.8, 4) is 6.07 Å². The molecule has 0 aromatic heterocycles. The van der Waals surface area contributed by atoms with Crippen molar-refractivity contribution in [1.82, 2.24) is 0 Å². The second-order valence-corrected chi connectivity index (χ2v) is 5.87. The highest BCUT2D eigenvalue weighted by molar-refractivity contribution is 5.83. The Morgan fingerprint density at radius 3 is 2.36 bits per heavy atom. The Labute approximate surface area is 147 Å². The third kappa shape index (κ3) is 4.80. The number of ether oxygens (including phenoxy) is 2. The Kier molecular flexibility index (Phi) is 6.53. The van der Waals surface area contributed by atoms with Gasteiger partial charge in [0.15, 0.2) is 0 Å². The van der Waals surface area contributed by atoms with Crippen molar-refractivity contribution in [1.29, 1.82) is 5.26 Å². The van der Waals surface area contributed by atoms with E-state index in [1.807, 2.05) is 42.5 Å². The van der Waals surface area contributed by atoms with E-state index in [1.165, 1.54) is 14.2 Å². The van der Waals surface area contributed by atoms with Gasteiger partial charge in [-0.1, -0.05) is 36.4 Å². The van der Waals surface area contributed by atoms with Crippen LogP contribution in [0.5, 0.6) is 0 Å². The molecule has 0 saturated heterocycles. The topological polar surface area (TPSA) is 76.4 Å². The summed E-state index contributed by atoms with van der Waals surface area (Å²) in [6.07, 6.45) is 0.620. The van der Waals surface area contributed by atoms with Gasteiger partial charge >= 0.3 is 11.9 Å². The fourth-order valence-corrected chi connectivity index (χ4v) is 2.94. The summed E-state index contributed by atoms with van der Waals surface area (Å²) < 4.78 is 9.42. The van der Waals surface area contributed by atoms with Crippen LogP contribution in [-0.2, 0) is 19.1 Å². The van der Waals surface area contributed by atoms with Gasteiger partial charge in [0, 0.05) is 12.8 Å². The predicted octanol–water partition coefficient (Wildman–Crippen LogP) is 3.58. The van der Waals surface area contributed by atoms with E-state index >= 15 is 0 Å². The molecule has 2 unspecified atom stereocenters. The molecule has 0 radical (unpaired) electrons. The highest BCUT2D eigenvalue weighted by Crippen LogP contribution is 2.32. The van der Waals surface area contributed by atoms with Crippen LogP contribution in [0.2, 0.25) is 0 Å². The Bertz CT molecular complexity index is 794. The first-order valence-electron chi connectivity index (χ1n) is 8.11. The van der Waals surface area contributed by atoms with Crippen LogP contribution in [0.1, 0.15) is 30.7 Å². The lowest BCUT2D eigenvalue weighted by atomic mass is 9.81. The summed E-state index contributed by atoms with van der Waals surface area (Å²) in [4.78, 5) is 23.2. The number of nitriles is 1. The SMILES string of the molecule is COC(=O)CCC(CC(=O)OC)C(C#N)c1ccc2ccccc2c1. The molecule has 5 heteroatoms. The molecule has 2 atom stereocenters. The zero-order chi connectivity index (χ0) is 18.2. The van der Waals surface area contributed by atoms with E-state index in [0.29, 0.717) is 6.42 Å². The lowest BCUT2D eigenvalue weighted by Gasteiger charge is -2.21. The number of nitrogens with zero attached hydrogens (tertiary/aromatic N) is 1. The number of hydrogen-bond donors (Lipinski definition) is 0. The van der Waals surface area contributed by atoms with E-state index in [4.69, 9.17) is 4.74 Å². The predicted molar refractivity (Wildman–Crippen MR) is 93.7 cm³/mol. The fourth-order valence-electron chi connectivity index (χ4n) is 2.94. The van der Waals surface area contributed by atoms with Crippen molar-refractivity contribution in [2.24, 2.45) is 5.92 Å². The van der Waals surface area contributed by atoms with Crippen molar-refractivity contribution in [2.45, 2.75) is 25.2 Å². The molecule has 2 aromatic rings. The van der Waals surface area contributed by atoms with Gasteiger partial charge in [-0.25, -0.2) is 0 Å². The summed E-state index contributed by atoms with van der Waals surface area (Å²) in [5.41, 5.74) is 0.833. The third-order valence-electron chi connectivity index (χ3n) is 4.35. The average molecular weight is 339 g/mol. The lowest BCUT2D eigenvalue weighted by molar-refractivity contribution is -0.144. The van der Waals surface area contributed by atoms with E-state index < -0.39 is 11.9 Å². The number of carbonyl (C=O) groups excluding carboxylic acids is 2. The summed E-state index contributed by atoms with van der Waals surface area (Å²) >= 11 is 0. The number of rotatable bonds is 7. The molecule has 0 aliphatic heterocycles. The molecule has 25 heavy (non-hydrogen) atoms. The molecule has 0 N–H and O–H groups in total. The van der Waals surface area contributed by atoms with Gasteiger partial charge in [0.05, 0.1) is 26.2 Å². The Morgan fingerprint density at radius 1 is 1.04 bits per heavy atom. The molecule has 0 fully saturated rings. The van der Waals surface area contributed by atoms with Gasteiger partial charge in [0.1, 0.15) is 0 Å². The minimum atomic E-state index is -0.506. The zero-order valence-corrected chi connectivity index (χ0v) is 14.4. The van der Waals surface area contributed by atoms with E-state index in [-0.39, 0.29) is 24.7 Å². The van der Waals surface area contributed by atoms with Gasteiger partial charge in [0.2, 0.25) is 0 Å². The summed E-state index contributed by atoms with van der Waals surface area (Å²) in [6.45, 7) is 0. The van der Waals surface area contributed by atoms with Crippen LogP contribution in [-0.4, -0.2) is 26.2 Å². The summed E-state index contributed by atoms with van der Waals surface area (Å²) in [6, 6.07) is 16.0. The number of benzene rings is 2. The van der Waals surface area contributed by atoms with Crippen LogP contribution in [0.4, 0.5) is 0 Å². The molecule has 5 nitrogen and oxygen atoms in total. The quantitative estimate of drug-likeness (QED) is 0.721. The van der Waals surface area contributed by atoms with Crippen molar-refractivity contribution in [3.63, 3.8) is 0 Å². The molecule has 0 spiro atoms. The van der Waals surface area contributed by atoms with Crippen LogP contribution in [0.15, 0.2) is 42.5 Å². The standard InChI is InChI=1S/C20H21NO4/c1-24-19(22)10-9-17(12-20(23)25-2)18(13-21)16-8-7-14-5-3-4-6-15(14)11-16/h3-8,11,17-18H,9-10,12H2,1-2H3. The molecule has 0 aliphatic carbocycles. The molecule has 0 heterocycles. The van der Waals surface area contributed by atoms with Crippen molar-refractivity contribution >= 4 is 22.7 Å². The first-order valence-corrected chi connectivity index (χ1v) is 8.11. The maximum atomic E-state index is 11.8. The normalized spacial score (nSPS) is 12.8. The molecule has 0 saturated carbocycles. The second-order valence-electron chi connectivity index (χ2n) is 5.87. The summed E-state index contributed by atoms with van der Waals surface area (Å²) in [7, 11) is 2.64. The maximum absolute atomic E-state index is 11.8. The van der Waals surface area contributed by atoms with Crippen LogP contribution in [0.3, 0.4) is 0 Å². The Morgan fingerprint density at radius 2 is 1.72 bits per heavy atom. The minimum Gasteiger partial charge on any atom is -0.469 e. The monoisotopic (exact) mass is 339 g/mol. The zero-order valence-electron chi connectivity index (χ0n) is 14.4. The molecule has 2 aromatic carbocycles. The summed E-state index contributed by atoms with van der Waals surface area (Å²) in [5, 5.41) is 11.8. The van der Waals surface area contributed by atoms with Crippen molar-refractivity contribution in [3.05, 3.63) is 48.0 Å². The van der Waals surface area contributed by atoms with Gasteiger partial charge in [-0.3, -0.25) is 9.59 Å². The van der Waals surface area contributed by atoms with E-state index in [0.717, 1.165) is 16.3 Å². The molecule has 130 valence electrons. The fraction of sp³-hybridized carbons (Fsp3) is 0.350. The molecule has 2 rings (SSSR count). The number of esters is 2. The Hall–Kier alpha value is -2.87. The lowest BCUT2D eigenvalue weighted by Crippen LogP contribution is -2.19. The van der Waals surface area contributed by atoms with Gasteiger partial charge in [0.25, 0.3) is 0 Å². The van der Waals surface area contributed by atoms with Gasteiger partial charge in [-0.15, -0.1) is 0 Å². The molecule has 0 amide bonds. The molecule has 0 bridgehead atoms. The second kappa shape index (κ2) is 8.84. The largest absolute Gasteiger partial charge is 0.469 e. The smallest absolute Gasteiger partial charge is 0.305 e. The van der Waals surface area contributed by atoms with Gasteiger partial charge in [-0.2, -0.15) is 5.26 Å². The number of hydrogen-bond acceptors (Lipinski definition) is 5. The van der Waals surface area contributed by atoms with Crippen LogP contribution < -0.4 is 0 Å². The van der Waals surface area contributed by atoms with Gasteiger partial charge < -0.3 is 9.47 Å². The Balaban J connectivity index is 2.30. The maximum Gasteiger partial charge on any atom is 0.305 e. The van der Waals surface area contributed by atoms with Gasteiger partial charge in [-0.05, 0) is 34.7 Å². The number of methoxy groups -OCH3 is 2. The highest BCUT2D eigenvalue weighted by Gasteiger charge is 2.27. The molecule has 0 aliphatic rings. The van der Waals surface area contributed by atoms with Crippen LogP contribution in [0.25, 0.3) is 10.8 Å². The highest BCUT2D eigenvalue weighted by atomic mass is 16.5. The van der Waals surface area contributed by atoms with E-state index in [9.17, 15) is 14.9 Å². The number of carbonyl (C=O) groups is 2. The van der Waals surface area contributed by atoms with Crippen LogP contribution >= 0.6 is 0 Å². The van der Waals surface area contributed by atoms with Crippen LogP contribution in [0, 0.1) is 17.2 Å².